The van der Waals surface area contributed by atoms with E-state index < -0.39 is 6.61 Å². The second-order valence-electron chi connectivity index (χ2n) is 7.08. The number of nitrogens with one attached hydrogen (secondary N) is 1. The molecule has 4 rings (SSSR count). The number of alkyl halides is 2. The van der Waals surface area contributed by atoms with E-state index in [1.54, 1.807) is 35.2 Å². The molecule has 1 saturated carbocycles. The lowest BCUT2D eigenvalue weighted by Crippen LogP contribution is -2.33. The molecule has 0 aromatic heterocycles. The molecule has 0 bridgehead atoms. The standard InChI is InChI=1S/C21H20F2N2O5/c1-28-18-8-12(2-7-16(18)30-21(22)23)10-25(14-4-5-14)20(27)13-3-6-15-17(9-13)29-11-19(26)24-15/h2-3,6-9,14,21H,4-5,10-11H2,1H3,(H,24,26). The van der Waals surface area contributed by atoms with Crippen LogP contribution in [0.2, 0.25) is 0 Å². The summed E-state index contributed by atoms with van der Waals surface area (Å²) in [5, 5.41) is 2.69. The van der Waals surface area contributed by atoms with Crippen LogP contribution >= 0.6 is 0 Å². The summed E-state index contributed by atoms with van der Waals surface area (Å²) in [6, 6.07) is 9.64. The van der Waals surface area contributed by atoms with Crippen LogP contribution < -0.4 is 19.5 Å². The minimum Gasteiger partial charge on any atom is -0.493 e. The zero-order chi connectivity index (χ0) is 21.3. The van der Waals surface area contributed by atoms with E-state index in [9.17, 15) is 18.4 Å². The number of halogens is 2. The highest BCUT2D eigenvalue weighted by Gasteiger charge is 2.33. The number of fused-ring (bicyclic) bond motifs is 1. The van der Waals surface area contributed by atoms with Crippen molar-refractivity contribution in [1.29, 1.82) is 0 Å². The van der Waals surface area contributed by atoms with Crippen LogP contribution in [0.5, 0.6) is 17.2 Å². The van der Waals surface area contributed by atoms with Crippen molar-refractivity contribution >= 4 is 17.5 Å². The van der Waals surface area contributed by atoms with Crippen molar-refractivity contribution in [1.82, 2.24) is 4.90 Å². The first-order chi connectivity index (χ1) is 14.4. The van der Waals surface area contributed by atoms with E-state index >= 15 is 0 Å². The highest BCUT2D eigenvalue weighted by atomic mass is 19.3. The molecule has 1 fully saturated rings. The first-order valence-corrected chi connectivity index (χ1v) is 9.44. The van der Waals surface area contributed by atoms with E-state index in [0.29, 0.717) is 23.5 Å². The molecule has 2 aromatic carbocycles. The fraction of sp³-hybridized carbons (Fsp3) is 0.333. The normalized spacial score (nSPS) is 15.1. The van der Waals surface area contributed by atoms with Gasteiger partial charge in [-0.2, -0.15) is 8.78 Å². The molecule has 2 amide bonds. The molecule has 0 unspecified atom stereocenters. The Morgan fingerprint density at radius 1 is 1.23 bits per heavy atom. The number of carbonyl (C=O) groups is 2. The number of hydrogen-bond donors (Lipinski definition) is 1. The number of nitrogens with zero attached hydrogens (tertiary/aromatic N) is 1. The largest absolute Gasteiger partial charge is 0.493 e. The van der Waals surface area contributed by atoms with Crippen LogP contribution in [0, 0.1) is 0 Å². The molecule has 1 N–H and O–H groups in total. The van der Waals surface area contributed by atoms with E-state index in [2.05, 4.69) is 10.1 Å². The van der Waals surface area contributed by atoms with Crippen molar-refractivity contribution in [3.05, 3.63) is 47.5 Å². The fourth-order valence-electron chi connectivity index (χ4n) is 3.33. The first kappa shape index (κ1) is 19.9. The monoisotopic (exact) mass is 418 g/mol. The Morgan fingerprint density at radius 3 is 2.73 bits per heavy atom. The Balaban J connectivity index is 1.55. The lowest BCUT2D eigenvalue weighted by atomic mass is 10.1. The van der Waals surface area contributed by atoms with Gasteiger partial charge >= 0.3 is 6.61 Å². The van der Waals surface area contributed by atoms with Gasteiger partial charge in [0.1, 0.15) is 5.75 Å². The summed E-state index contributed by atoms with van der Waals surface area (Å²) in [7, 11) is 1.37. The van der Waals surface area contributed by atoms with Crippen LogP contribution in [-0.4, -0.2) is 43.1 Å². The van der Waals surface area contributed by atoms with Crippen LogP contribution in [0.15, 0.2) is 36.4 Å². The Hall–Kier alpha value is -3.36. The molecule has 30 heavy (non-hydrogen) atoms. The number of hydrogen-bond acceptors (Lipinski definition) is 5. The Bertz CT molecular complexity index is 978. The van der Waals surface area contributed by atoms with Gasteiger partial charge in [0.25, 0.3) is 11.8 Å². The molecule has 1 heterocycles. The predicted molar refractivity (Wildman–Crippen MR) is 103 cm³/mol. The molecular weight excluding hydrogens is 398 g/mol. The van der Waals surface area contributed by atoms with Gasteiger partial charge in [0, 0.05) is 18.2 Å². The van der Waals surface area contributed by atoms with Crippen molar-refractivity contribution in [2.24, 2.45) is 0 Å². The SMILES string of the molecule is COc1cc(CN(C(=O)c2ccc3c(c2)OCC(=O)N3)C2CC2)ccc1OC(F)F. The van der Waals surface area contributed by atoms with Crippen LogP contribution in [0.25, 0.3) is 0 Å². The summed E-state index contributed by atoms with van der Waals surface area (Å²) < 4.78 is 40.1. The number of anilines is 1. The zero-order valence-electron chi connectivity index (χ0n) is 16.2. The third-order valence-electron chi connectivity index (χ3n) is 4.91. The number of rotatable bonds is 7. The van der Waals surface area contributed by atoms with Crippen LogP contribution in [0.4, 0.5) is 14.5 Å². The van der Waals surface area contributed by atoms with Crippen molar-refractivity contribution in [3.8, 4) is 17.2 Å². The fourth-order valence-corrected chi connectivity index (χ4v) is 3.33. The van der Waals surface area contributed by atoms with Gasteiger partial charge in [-0.15, -0.1) is 0 Å². The second kappa shape index (κ2) is 8.17. The maximum absolute atomic E-state index is 13.2. The summed E-state index contributed by atoms with van der Waals surface area (Å²) in [5.74, 6) is 0.150. The van der Waals surface area contributed by atoms with Crippen LogP contribution in [0.1, 0.15) is 28.8 Å². The summed E-state index contributed by atoms with van der Waals surface area (Å²) in [5.41, 5.74) is 1.71. The number of benzene rings is 2. The molecule has 0 radical (unpaired) electrons. The van der Waals surface area contributed by atoms with E-state index in [0.717, 1.165) is 18.4 Å². The Kier molecular flexibility index (Phi) is 5.43. The molecule has 1 aliphatic carbocycles. The molecule has 0 atom stereocenters. The highest BCUT2D eigenvalue weighted by Crippen LogP contribution is 2.35. The maximum atomic E-state index is 13.2. The van der Waals surface area contributed by atoms with E-state index in [-0.39, 0.29) is 36.0 Å². The summed E-state index contributed by atoms with van der Waals surface area (Å²) in [4.78, 5) is 26.3. The Labute approximate surface area is 171 Å². The van der Waals surface area contributed by atoms with Crippen molar-refractivity contribution in [2.75, 3.05) is 19.0 Å². The number of methoxy groups -OCH3 is 1. The number of carbonyl (C=O) groups excluding carboxylic acids is 2. The van der Waals surface area contributed by atoms with Crippen molar-refractivity contribution in [3.63, 3.8) is 0 Å². The number of ether oxygens (including phenoxy) is 3. The molecule has 7 nitrogen and oxygen atoms in total. The van der Waals surface area contributed by atoms with Crippen molar-refractivity contribution < 1.29 is 32.6 Å². The molecule has 0 spiro atoms. The average Bonchev–Trinajstić information content (AvgIpc) is 3.56. The van der Waals surface area contributed by atoms with Crippen LogP contribution in [0.3, 0.4) is 0 Å². The molecule has 158 valence electrons. The molecule has 1 aliphatic heterocycles. The van der Waals surface area contributed by atoms with Gasteiger partial charge < -0.3 is 24.4 Å². The minimum absolute atomic E-state index is 0.0607. The van der Waals surface area contributed by atoms with Gasteiger partial charge in [-0.1, -0.05) is 6.07 Å². The van der Waals surface area contributed by atoms with Gasteiger partial charge in [0.15, 0.2) is 18.1 Å². The summed E-state index contributed by atoms with van der Waals surface area (Å²) >= 11 is 0. The lowest BCUT2D eigenvalue weighted by Gasteiger charge is -2.24. The average molecular weight is 418 g/mol. The van der Waals surface area contributed by atoms with E-state index in [1.807, 2.05) is 0 Å². The summed E-state index contributed by atoms with van der Waals surface area (Å²) in [6.45, 7) is -2.75. The van der Waals surface area contributed by atoms with Gasteiger partial charge in [0.2, 0.25) is 0 Å². The highest BCUT2D eigenvalue weighted by molar-refractivity contribution is 5.99. The molecule has 2 aliphatic rings. The van der Waals surface area contributed by atoms with Gasteiger partial charge in [-0.25, -0.2) is 0 Å². The minimum atomic E-state index is -2.95. The summed E-state index contributed by atoms with van der Waals surface area (Å²) in [6.07, 6.45) is 1.79. The van der Waals surface area contributed by atoms with Crippen LogP contribution in [-0.2, 0) is 11.3 Å². The van der Waals surface area contributed by atoms with Gasteiger partial charge in [-0.3, -0.25) is 9.59 Å². The quantitative estimate of drug-likeness (QED) is 0.746. The molecular formula is C21H20F2N2O5. The third-order valence-corrected chi connectivity index (χ3v) is 4.91. The molecule has 9 heteroatoms. The molecule has 2 aromatic rings. The Morgan fingerprint density at radius 2 is 2.03 bits per heavy atom. The lowest BCUT2D eigenvalue weighted by molar-refractivity contribution is -0.118. The smallest absolute Gasteiger partial charge is 0.387 e. The van der Waals surface area contributed by atoms with E-state index in [4.69, 9.17) is 9.47 Å². The maximum Gasteiger partial charge on any atom is 0.387 e. The van der Waals surface area contributed by atoms with E-state index in [1.165, 1.54) is 13.2 Å². The molecule has 0 saturated heterocycles. The van der Waals surface area contributed by atoms with Crippen molar-refractivity contribution in [2.45, 2.75) is 32.0 Å². The topological polar surface area (TPSA) is 77.1 Å². The van der Waals surface area contributed by atoms with Gasteiger partial charge in [0.05, 0.1) is 12.8 Å². The third kappa shape index (κ3) is 4.29. The second-order valence-corrected chi connectivity index (χ2v) is 7.08. The first-order valence-electron chi connectivity index (χ1n) is 9.44. The zero-order valence-corrected chi connectivity index (χ0v) is 16.2. The predicted octanol–water partition coefficient (Wildman–Crippen LogP) is 3.43. The van der Waals surface area contributed by atoms with Gasteiger partial charge in [-0.05, 0) is 48.7 Å². The number of amides is 2.